The monoisotopic (exact) mass is 415 g/mol. The van der Waals surface area contributed by atoms with Crippen LogP contribution in [-0.2, 0) is 22.6 Å². The molecule has 2 rings (SSSR count). The molecular weight excluding hydrogens is 389 g/mol. The van der Waals surface area contributed by atoms with E-state index >= 15 is 0 Å². The number of nitro benzene ring substituents is 1. The van der Waals surface area contributed by atoms with Crippen molar-refractivity contribution < 1.29 is 18.9 Å². The molecule has 7 nitrogen and oxygen atoms in total. The average Bonchev–Trinajstić information content (AvgIpc) is 2.72. The number of nitrogens with zero attached hydrogens (tertiary/aromatic N) is 2. The van der Waals surface area contributed by atoms with Gasteiger partial charge in [0.2, 0.25) is 11.8 Å². The topological polar surface area (TPSA) is 92.6 Å². The molecule has 2 aromatic rings. The summed E-state index contributed by atoms with van der Waals surface area (Å²) in [5.74, 6) is -1.36. The van der Waals surface area contributed by atoms with Crippen molar-refractivity contribution in [1.82, 2.24) is 10.2 Å². The van der Waals surface area contributed by atoms with E-state index in [0.717, 1.165) is 6.42 Å². The van der Waals surface area contributed by atoms with Crippen LogP contribution in [0.5, 0.6) is 0 Å². The molecule has 0 radical (unpaired) electrons. The highest BCUT2D eigenvalue weighted by molar-refractivity contribution is 5.88. The van der Waals surface area contributed by atoms with Crippen molar-refractivity contribution in [3.05, 3.63) is 75.6 Å². The molecule has 8 heteroatoms. The van der Waals surface area contributed by atoms with Gasteiger partial charge >= 0.3 is 0 Å². The molecule has 0 aromatic heterocycles. The second kappa shape index (κ2) is 10.5. The van der Waals surface area contributed by atoms with Crippen LogP contribution in [0.2, 0.25) is 0 Å². The lowest BCUT2D eigenvalue weighted by Crippen LogP contribution is -2.50. The number of rotatable bonds is 9. The first-order valence-electron chi connectivity index (χ1n) is 9.80. The normalized spacial score (nSPS) is 12.7. The Bertz CT molecular complexity index is 919. The minimum absolute atomic E-state index is 0.0828. The molecule has 0 aliphatic heterocycles. The van der Waals surface area contributed by atoms with E-state index in [1.165, 1.54) is 35.2 Å². The number of nitrogens with one attached hydrogen (secondary N) is 1. The van der Waals surface area contributed by atoms with Crippen molar-refractivity contribution in [3.63, 3.8) is 0 Å². The van der Waals surface area contributed by atoms with Crippen LogP contribution in [-0.4, -0.2) is 33.7 Å². The van der Waals surface area contributed by atoms with E-state index in [4.69, 9.17) is 0 Å². The van der Waals surface area contributed by atoms with E-state index in [9.17, 15) is 24.1 Å². The fourth-order valence-electron chi connectivity index (χ4n) is 2.96. The molecule has 2 aromatic carbocycles. The Morgan fingerprint density at radius 1 is 1.10 bits per heavy atom. The third-order valence-corrected chi connectivity index (χ3v) is 5.00. The summed E-state index contributed by atoms with van der Waals surface area (Å²) in [5.41, 5.74) is 0.325. The van der Waals surface area contributed by atoms with Crippen LogP contribution in [0, 0.1) is 15.9 Å². The van der Waals surface area contributed by atoms with Crippen molar-refractivity contribution in [1.29, 1.82) is 0 Å². The molecule has 0 saturated heterocycles. The lowest BCUT2D eigenvalue weighted by atomic mass is 10.1. The van der Waals surface area contributed by atoms with Crippen LogP contribution in [0.3, 0.4) is 0 Å². The molecule has 0 spiro atoms. The van der Waals surface area contributed by atoms with Crippen molar-refractivity contribution in [3.8, 4) is 0 Å². The van der Waals surface area contributed by atoms with E-state index in [1.807, 2.05) is 13.8 Å². The Morgan fingerprint density at radius 2 is 1.70 bits per heavy atom. The van der Waals surface area contributed by atoms with Crippen LogP contribution in [0.15, 0.2) is 48.5 Å². The number of hydrogen-bond donors (Lipinski definition) is 1. The van der Waals surface area contributed by atoms with E-state index < -0.39 is 22.7 Å². The quantitative estimate of drug-likeness (QED) is 0.500. The van der Waals surface area contributed by atoms with Crippen LogP contribution in [0.25, 0.3) is 0 Å². The third-order valence-electron chi connectivity index (χ3n) is 5.00. The van der Waals surface area contributed by atoms with Gasteiger partial charge in [0.15, 0.2) is 0 Å². The molecular formula is C22H26FN3O4. The largest absolute Gasteiger partial charge is 0.352 e. The van der Waals surface area contributed by atoms with Gasteiger partial charge in [0, 0.05) is 29.8 Å². The first kappa shape index (κ1) is 23.0. The summed E-state index contributed by atoms with van der Waals surface area (Å²) in [7, 11) is 0. The third kappa shape index (κ3) is 5.85. The molecule has 0 aliphatic carbocycles. The van der Waals surface area contributed by atoms with Crippen molar-refractivity contribution in [2.75, 3.05) is 0 Å². The van der Waals surface area contributed by atoms with E-state index in [1.54, 1.807) is 25.1 Å². The number of halogens is 1. The molecule has 0 fully saturated rings. The molecule has 0 saturated carbocycles. The highest BCUT2D eigenvalue weighted by Gasteiger charge is 2.29. The molecule has 0 bridgehead atoms. The number of para-hydroxylation sites is 1. The Morgan fingerprint density at radius 3 is 2.30 bits per heavy atom. The number of nitro groups is 1. The maximum atomic E-state index is 14.2. The van der Waals surface area contributed by atoms with Gasteiger partial charge in [-0.1, -0.05) is 43.3 Å². The lowest BCUT2D eigenvalue weighted by Gasteiger charge is -2.30. The highest BCUT2D eigenvalue weighted by atomic mass is 19.1. The van der Waals surface area contributed by atoms with Gasteiger partial charge in [-0.2, -0.15) is 0 Å². The lowest BCUT2D eigenvalue weighted by molar-refractivity contribution is -0.385. The summed E-state index contributed by atoms with van der Waals surface area (Å²) < 4.78 is 14.2. The van der Waals surface area contributed by atoms with Gasteiger partial charge < -0.3 is 10.2 Å². The summed E-state index contributed by atoms with van der Waals surface area (Å²) in [6, 6.07) is 11.0. The summed E-state index contributed by atoms with van der Waals surface area (Å²) in [6.07, 6.45) is 0.447. The second-order valence-corrected chi connectivity index (χ2v) is 7.17. The van der Waals surface area contributed by atoms with Gasteiger partial charge in [0.1, 0.15) is 11.9 Å². The fraction of sp³-hybridized carbons (Fsp3) is 0.364. The van der Waals surface area contributed by atoms with E-state index in [0.29, 0.717) is 0 Å². The maximum Gasteiger partial charge on any atom is 0.273 e. The predicted molar refractivity (Wildman–Crippen MR) is 111 cm³/mol. The Balaban J connectivity index is 2.32. The smallest absolute Gasteiger partial charge is 0.273 e. The summed E-state index contributed by atoms with van der Waals surface area (Å²) in [6.45, 7) is 5.21. The van der Waals surface area contributed by atoms with Crippen LogP contribution in [0.4, 0.5) is 10.1 Å². The van der Waals surface area contributed by atoms with Crippen molar-refractivity contribution in [2.24, 2.45) is 0 Å². The van der Waals surface area contributed by atoms with Gasteiger partial charge in [-0.05, 0) is 26.3 Å². The number of hydrogen-bond acceptors (Lipinski definition) is 4. The first-order valence-corrected chi connectivity index (χ1v) is 9.80. The minimum atomic E-state index is -0.881. The zero-order chi connectivity index (χ0) is 22.3. The molecule has 2 atom stereocenters. The van der Waals surface area contributed by atoms with Gasteiger partial charge in [-0.25, -0.2) is 4.39 Å². The second-order valence-electron chi connectivity index (χ2n) is 7.17. The summed E-state index contributed by atoms with van der Waals surface area (Å²) in [4.78, 5) is 37.7. The number of amides is 2. The molecule has 160 valence electrons. The standard InChI is InChI=1S/C22H26FN3O4/c1-4-15(2)24-22(28)16(3)25(14-18-10-5-7-11-19(18)23)21(27)13-17-9-6-8-12-20(17)26(29)30/h5-12,15-16H,4,13-14H2,1-3H3,(H,24,28). The highest BCUT2D eigenvalue weighted by Crippen LogP contribution is 2.21. The van der Waals surface area contributed by atoms with E-state index in [2.05, 4.69) is 5.32 Å². The Labute approximate surface area is 175 Å². The van der Waals surface area contributed by atoms with E-state index in [-0.39, 0.29) is 41.7 Å². The fourth-order valence-corrected chi connectivity index (χ4v) is 2.96. The molecule has 30 heavy (non-hydrogen) atoms. The zero-order valence-corrected chi connectivity index (χ0v) is 17.3. The number of carbonyl (C=O) groups excluding carboxylic acids is 2. The predicted octanol–water partition coefficient (Wildman–Crippen LogP) is 3.61. The molecule has 2 amide bonds. The first-order chi connectivity index (χ1) is 14.2. The molecule has 0 heterocycles. The van der Waals surface area contributed by atoms with Gasteiger partial charge in [0.05, 0.1) is 11.3 Å². The van der Waals surface area contributed by atoms with Crippen molar-refractivity contribution >= 4 is 17.5 Å². The maximum absolute atomic E-state index is 14.2. The molecule has 0 aliphatic rings. The van der Waals surface area contributed by atoms with Crippen molar-refractivity contribution in [2.45, 2.75) is 52.2 Å². The summed E-state index contributed by atoms with van der Waals surface area (Å²) >= 11 is 0. The average molecular weight is 415 g/mol. The van der Waals surface area contributed by atoms with Crippen LogP contribution < -0.4 is 5.32 Å². The Kier molecular flexibility index (Phi) is 8.03. The van der Waals surface area contributed by atoms with Crippen LogP contribution in [0.1, 0.15) is 38.3 Å². The molecule has 1 N–H and O–H groups in total. The number of carbonyl (C=O) groups is 2. The van der Waals surface area contributed by atoms with Crippen LogP contribution >= 0.6 is 0 Å². The Hall–Kier alpha value is -3.29. The van der Waals surface area contributed by atoms with Gasteiger partial charge in [0.25, 0.3) is 5.69 Å². The minimum Gasteiger partial charge on any atom is -0.352 e. The van der Waals surface area contributed by atoms with Gasteiger partial charge in [-0.3, -0.25) is 19.7 Å². The zero-order valence-electron chi connectivity index (χ0n) is 17.3. The summed E-state index contributed by atoms with van der Waals surface area (Å²) in [5, 5.41) is 14.1. The number of benzene rings is 2. The van der Waals surface area contributed by atoms with Gasteiger partial charge in [-0.15, -0.1) is 0 Å². The SMILES string of the molecule is CCC(C)NC(=O)C(C)N(Cc1ccccc1F)C(=O)Cc1ccccc1[N+](=O)[O-]. The molecule has 2 unspecified atom stereocenters.